The quantitative estimate of drug-likeness (QED) is 0.852. The zero-order valence-electron chi connectivity index (χ0n) is 14.0. The Morgan fingerprint density at radius 2 is 1.91 bits per heavy atom. The molecule has 1 fully saturated rings. The van der Waals surface area contributed by atoms with Gasteiger partial charge in [-0.1, -0.05) is 0 Å². The number of carbonyl (C=O) groups is 2. The number of hydrogen-bond acceptors (Lipinski definition) is 5. The van der Waals surface area contributed by atoms with Gasteiger partial charge in [0, 0.05) is 18.5 Å². The SMILES string of the molecule is COc1cc2c(cc1OC)C(=O)C1(CC(C)=O)CCCN1CC2. The third kappa shape index (κ3) is 2.53. The first-order valence-corrected chi connectivity index (χ1v) is 8.06. The minimum absolute atomic E-state index is 0.0543. The predicted octanol–water partition coefficient (Wildman–Crippen LogP) is 2.26. The highest BCUT2D eigenvalue weighted by atomic mass is 16.5. The van der Waals surface area contributed by atoms with E-state index < -0.39 is 5.54 Å². The molecule has 0 spiro atoms. The second kappa shape index (κ2) is 5.96. The van der Waals surface area contributed by atoms with Gasteiger partial charge in [-0.05, 0) is 50.4 Å². The van der Waals surface area contributed by atoms with E-state index in [1.807, 2.05) is 6.07 Å². The summed E-state index contributed by atoms with van der Waals surface area (Å²) in [5, 5.41) is 0. The topological polar surface area (TPSA) is 55.8 Å². The number of nitrogens with zero attached hydrogens (tertiary/aromatic N) is 1. The molecule has 0 aliphatic carbocycles. The summed E-state index contributed by atoms with van der Waals surface area (Å²) in [5.74, 6) is 1.32. The standard InChI is InChI=1S/C18H23NO4/c1-12(20)11-18-6-4-7-19(18)8-5-13-9-15(22-2)16(23-3)10-14(13)17(18)21/h9-10H,4-8,11H2,1-3H3. The number of Topliss-reactive ketones (excluding diaryl/α,β-unsaturated/α-hetero) is 2. The summed E-state index contributed by atoms with van der Waals surface area (Å²) in [6.45, 7) is 3.24. The van der Waals surface area contributed by atoms with Gasteiger partial charge in [0.2, 0.25) is 0 Å². The summed E-state index contributed by atoms with van der Waals surface area (Å²) in [6.07, 6.45) is 2.78. The fourth-order valence-electron chi connectivity index (χ4n) is 4.06. The van der Waals surface area contributed by atoms with Crippen LogP contribution in [0.3, 0.4) is 0 Å². The average molecular weight is 317 g/mol. The first-order chi connectivity index (χ1) is 11.0. The van der Waals surface area contributed by atoms with Gasteiger partial charge < -0.3 is 9.47 Å². The summed E-state index contributed by atoms with van der Waals surface area (Å²) >= 11 is 0. The Bertz CT molecular complexity index is 655. The normalized spacial score (nSPS) is 23.9. The van der Waals surface area contributed by atoms with Crippen LogP contribution in [-0.4, -0.2) is 49.3 Å². The van der Waals surface area contributed by atoms with Gasteiger partial charge in [-0.3, -0.25) is 14.5 Å². The third-order valence-electron chi connectivity index (χ3n) is 5.09. The van der Waals surface area contributed by atoms with Crippen LogP contribution in [0.1, 0.15) is 42.1 Å². The van der Waals surface area contributed by atoms with Gasteiger partial charge in [0.15, 0.2) is 17.3 Å². The Balaban J connectivity index is 2.12. The molecule has 1 unspecified atom stereocenters. The van der Waals surface area contributed by atoms with Crippen LogP contribution in [0.5, 0.6) is 11.5 Å². The zero-order chi connectivity index (χ0) is 16.6. The number of hydrogen-bond donors (Lipinski definition) is 0. The number of ketones is 2. The maximum absolute atomic E-state index is 13.4. The summed E-state index contributed by atoms with van der Waals surface area (Å²) in [5.41, 5.74) is 0.981. The molecule has 3 rings (SSSR count). The molecule has 0 bridgehead atoms. The molecule has 0 aromatic heterocycles. The van der Waals surface area contributed by atoms with Gasteiger partial charge in [0.05, 0.1) is 19.8 Å². The Morgan fingerprint density at radius 3 is 2.57 bits per heavy atom. The predicted molar refractivity (Wildman–Crippen MR) is 86.4 cm³/mol. The van der Waals surface area contributed by atoms with E-state index in [9.17, 15) is 9.59 Å². The molecule has 0 amide bonds. The Labute approximate surface area is 136 Å². The molecule has 0 radical (unpaired) electrons. The Kier molecular flexibility index (Phi) is 4.15. The van der Waals surface area contributed by atoms with Crippen LogP contribution in [0.25, 0.3) is 0 Å². The van der Waals surface area contributed by atoms with Crippen LogP contribution < -0.4 is 9.47 Å². The molecule has 1 saturated heterocycles. The van der Waals surface area contributed by atoms with Crippen molar-refractivity contribution in [2.45, 2.75) is 38.1 Å². The molecule has 0 N–H and O–H groups in total. The van der Waals surface area contributed by atoms with Crippen LogP contribution >= 0.6 is 0 Å². The van der Waals surface area contributed by atoms with Crippen molar-refractivity contribution < 1.29 is 19.1 Å². The summed E-state index contributed by atoms with van der Waals surface area (Å²) in [7, 11) is 3.16. The van der Waals surface area contributed by atoms with E-state index in [-0.39, 0.29) is 11.6 Å². The van der Waals surface area contributed by atoms with Gasteiger partial charge >= 0.3 is 0 Å². The van der Waals surface area contributed by atoms with E-state index in [2.05, 4.69) is 4.90 Å². The van der Waals surface area contributed by atoms with Gasteiger partial charge in [-0.15, -0.1) is 0 Å². The molecule has 2 aliphatic rings. The van der Waals surface area contributed by atoms with Crippen LogP contribution in [-0.2, 0) is 11.2 Å². The molecule has 5 nitrogen and oxygen atoms in total. The molecular weight excluding hydrogens is 294 g/mol. The number of carbonyl (C=O) groups excluding carboxylic acids is 2. The molecule has 1 atom stereocenters. The molecule has 23 heavy (non-hydrogen) atoms. The third-order valence-corrected chi connectivity index (χ3v) is 5.09. The van der Waals surface area contributed by atoms with Crippen LogP contribution in [0, 0.1) is 0 Å². The van der Waals surface area contributed by atoms with E-state index in [1.54, 1.807) is 27.2 Å². The first kappa shape index (κ1) is 16.0. The van der Waals surface area contributed by atoms with E-state index in [4.69, 9.17) is 9.47 Å². The van der Waals surface area contributed by atoms with E-state index in [0.717, 1.165) is 37.9 Å². The molecular formula is C18H23NO4. The largest absolute Gasteiger partial charge is 0.493 e. The van der Waals surface area contributed by atoms with Gasteiger partial charge in [-0.2, -0.15) is 0 Å². The number of rotatable bonds is 4. The van der Waals surface area contributed by atoms with Gasteiger partial charge in [-0.25, -0.2) is 0 Å². The fraction of sp³-hybridized carbons (Fsp3) is 0.556. The van der Waals surface area contributed by atoms with Crippen LogP contribution in [0.2, 0.25) is 0 Å². The lowest BCUT2D eigenvalue weighted by Crippen LogP contribution is -2.51. The minimum Gasteiger partial charge on any atom is -0.493 e. The Hall–Kier alpha value is -1.88. The van der Waals surface area contributed by atoms with Crippen molar-refractivity contribution in [3.63, 3.8) is 0 Å². The van der Waals surface area contributed by atoms with Crippen molar-refractivity contribution in [2.24, 2.45) is 0 Å². The molecule has 124 valence electrons. The van der Waals surface area contributed by atoms with Crippen molar-refractivity contribution in [1.82, 2.24) is 4.90 Å². The molecule has 2 heterocycles. The van der Waals surface area contributed by atoms with E-state index in [0.29, 0.717) is 23.5 Å². The number of ether oxygens (including phenoxy) is 2. The van der Waals surface area contributed by atoms with Crippen molar-refractivity contribution in [3.8, 4) is 11.5 Å². The average Bonchev–Trinajstić information content (AvgIpc) is 2.90. The van der Waals surface area contributed by atoms with Crippen molar-refractivity contribution in [1.29, 1.82) is 0 Å². The molecule has 0 saturated carbocycles. The van der Waals surface area contributed by atoms with Crippen LogP contribution in [0.15, 0.2) is 12.1 Å². The second-order valence-corrected chi connectivity index (χ2v) is 6.44. The van der Waals surface area contributed by atoms with Crippen molar-refractivity contribution in [3.05, 3.63) is 23.3 Å². The maximum Gasteiger partial charge on any atom is 0.183 e. The Morgan fingerprint density at radius 1 is 1.22 bits per heavy atom. The van der Waals surface area contributed by atoms with Gasteiger partial charge in [0.1, 0.15) is 5.78 Å². The zero-order valence-corrected chi connectivity index (χ0v) is 14.0. The number of benzene rings is 1. The summed E-state index contributed by atoms with van der Waals surface area (Å²) in [6, 6.07) is 3.68. The summed E-state index contributed by atoms with van der Waals surface area (Å²) < 4.78 is 10.7. The van der Waals surface area contributed by atoms with Crippen LogP contribution in [0.4, 0.5) is 0 Å². The molecule has 1 aromatic carbocycles. The van der Waals surface area contributed by atoms with Crippen molar-refractivity contribution in [2.75, 3.05) is 27.3 Å². The molecule has 1 aromatic rings. The highest BCUT2D eigenvalue weighted by molar-refractivity contribution is 6.07. The minimum atomic E-state index is -0.670. The highest BCUT2D eigenvalue weighted by Gasteiger charge is 2.49. The first-order valence-electron chi connectivity index (χ1n) is 8.06. The lowest BCUT2D eigenvalue weighted by atomic mass is 9.82. The lowest BCUT2D eigenvalue weighted by molar-refractivity contribution is -0.119. The van der Waals surface area contributed by atoms with Gasteiger partial charge in [0.25, 0.3) is 0 Å². The smallest absolute Gasteiger partial charge is 0.183 e. The molecule has 2 aliphatic heterocycles. The number of fused-ring (bicyclic) bond motifs is 2. The lowest BCUT2D eigenvalue weighted by Gasteiger charge is -2.35. The molecule has 5 heteroatoms. The number of methoxy groups -OCH3 is 2. The fourth-order valence-corrected chi connectivity index (χ4v) is 4.06. The maximum atomic E-state index is 13.4. The highest BCUT2D eigenvalue weighted by Crippen LogP contribution is 2.41. The monoisotopic (exact) mass is 317 g/mol. The van der Waals surface area contributed by atoms with E-state index >= 15 is 0 Å². The van der Waals surface area contributed by atoms with Crippen molar-refractivity contribution >= 4 is 11.6 Å². The van der Waals surface area contributed by atoms with E-state index in [1.165, 1.54) is 0 Å². The second-order valence-electron chi connectivity index (χ2n) is 6.44. The summed E-state index contributed by atoms with van der Waals surface area (Å²) in [4.78, 5) is 27.4.